The molecule has 0 saturated heterocycles. The molecule has 1 unspecified atom stereocenters. The van der Waals surface area contributed by atoms with Crippen LogP contribution in [-0.4, -0.2) is 60.6 Å². The van der Waals surface area contributed by atoms with Gasteiger partial charge < -0.3 is 24.2 Å². The molecule has 1 aliphatic rings. The Morgan fingerprint density at radius 3 is 2.55 bits per heavy atom. The first kappa shape index (κ1) is 20.7. The van der Waals surface area contributed by atoms with Crippen LogP contribution in [0.3, 0.4) is 0 Å². The maximum Gasteiger partial charge on any atom is 0.273 e. The Kier molecular flexibility index (Phi) is 5.81. The first-order chi connectivity index (χ1) is 15.1. The fourth-order valence-electron chi connectivity index (χ4n) is 4.02. The predicted molar refractivity (Wildman–Crippen MR) is 115 cm³/mol. The molecule has 2 aromatic carbocycles. The largest absolute Gasteiger partial charge is 0.508 e. The van der Waals surface area contributed by atoms with Crippen LogP contribution < -0.4 is 9.47 Å². The molecule has 8 heteroatoms. The van der Waals surface area contributed by atoms with Crippen molar-refractivity contribution in [3.63, 3.8) is 0 Å². The summed E-state index contributed by atoms with van der Waals surface area (Å²) in [6.45, 7) is 1.05. The normalized spacial score (nSPS) is 15.3. The third-order valence-electron chi connectivity index (χ3n) is 5.48. The Hall–Kier alpha value is -3.52. The summed E-state index contributed by atoms with van der Waals surface area (Å²) in [5.41, 5.74) is 3.50. The average molecular weight is 423 g/mol. The third kappa shape index (κ3) is 3.70. The van der Waals surface area contributed by atoms with Crippen molar-refractivity contribution in [2.24, 2.45) is 0 Å². The molecule has 0 fully saturated rings. The van der Waals surface area contributed by atoms with Crippen LogP contribution in [0.5, 0.6) is 17.2 Å². The maximum absolute atomic E-state index is 13.3. The molecule has 31 heavy (non-hydrogen) atoms. The number of H-pyrrole nitrogens is 1. The number of methoxy groups -OCH3 is 3. The molecule has 1 amide bonds. The highest BCUT2D eigenvalue weighted by molar-refractivity contribution is 6.00. The van der Waals surface area contributed by atoms with E-state index in [4.69, 9.17) is 14.2 Å². The highest BCUT2D eigenvalue weighted by Crippen LogP contribution is 2.46. The van der Waals surface area contributed by atoms with Gasteiger partial charge in [-0.05, 0) is 48.9 Å². The minimum absolute atomic E-state index is 0.126. The van der Waals surface area contributed by atoms with Crippen LogP contribution in [0.2, 0.25) is 0 Å². The molecule has 0 radical (unpaired) electrons. The number of nitrogens with zero attached hydrogens (tertiary/aromatic N) is 2. The fraction of sp³-hybridized carbons (Fsp3) is 0.304. The van der Waals surface area contributed by atoms with E-state index >= 15 is 0 Å². The van der Waals surface area contributed by atoms with Crippen LogP contribution in [0, 0.1) is 0 Å². The Balaban J connectivity index is 1.88. The second kappa shape index (κ2) is 8.69. The average Bonchev–Trinajstić information content (AvgIpc) is 3.33. The Morgan fingerprint density at radius 1 is 1.10 bits per heavy atom. The molecule has 4 rings (SSSR count). The number of ether oxygens (including phenoxy) is 3. The molecule has 162 valence electrons. The van der Waals surface area contributed by atoms with Gasteiger partial charge in [-0.2, -0.15) is 5.10 Å². The van der Waals surface area contributed by atoms with Gasteiger partial charge in [0.25, 0.3) is 5.91 Å². The van der Waals surface area contributed by atoms with E-state index in [2.05, 4.69) is 10.2 Å². The Labute approximate surface area is 180 Å². The maximum atomic E-state index is 13.3. The number of hydrogen-bond donors (Lipinski definition) is 2. The van der Waals surface area contributed by atoms with Crippen LogP contribution in [0.15, 0.2) is 42.5 Å². The van der Waals surface area contributed by atoms with Crippen molar-refractivity contribution >= 4 is 5.91 Å². The monoisotopic (exact) mass is 423 g/mol. The first-order valence-corrected chi connectivity index (χ1v) is 9.98. The van der Waals surface area contributed by atoms with Crippen molar-refractivity contribution in [2.45, 2.75) is 12.5 Å². The molecule has 1 aliphatic heterocycles. The highest BCUT2D eigenvalue weighted by Gasteiger charge is 2.43. The predicted octanol–water partition coefficient (Wildman–Crippen LogP) is 3.38. The van der Waals surface area contributed by atoms with Crippen molar-refractivity contribution in [3.05, 3.63) is 59.3 Å². The topological polar surface area (TPSA) is 96.9 Å². The number of phenolic OH excluding ortho intramolecular Hbond substituents is 1. The summed E-state index contributed by atoms with van der Waals surface area (Å²) in [5.74, 6) is 1.36. The molecule has 0 saturated carbocycles. The van der Waals surface area contributed by atoms with Gasteiger partial charge in [0.15, 0.2) is 0 Å². The Morgan fingerprint density at radius 2 is 1.87 bits per heavy atom. The molecule has 0 bridgehead atoms. The van der Waals surface area contributed by atoms with E-state index in [-0.39, 0.29) is 11.7 Å². The van der Waals surface area contributed by atoms with Gasteiger partial charge in [0, 0.05) is 37.0 Å². The molecule has 0 aliphatic carbocycles. The number of nitrogens with one attached hydrogen (secondary N) is 1. The number of aromatic hydroxyl groups is 1. The molecular weight excluding hydrogens is 398 g/mol. The SMILES string of the molecule is COCCCN1C(=O)c2[nH]nc(-c3ccc(O)cc3)c2C1c1cc(OC)ccc1OC. The Bertz CT molecular complexity index is 1080. The smallest absolute Gasteiger partial charge is 0.273 e. The number of fused-ring (bicyclic) bond motifs is 1. The second-order valence-corrected chi connectivity index (χ2v) is 7.26. The lowest BCUT2D eigenvalue weighted by molar-refractivity contribution is 0.0721. The van der Waals surface area contributed by atoms with Gasteiger partial charge in [-0.25, -0.2) is 0 Å². The number of carbonyl (C=O) groups excluding carboxylic acids is 1. The van der Waals surface area contributed by atoms with Gasteiger partial charge in [0.05, 0.1) is 26.0 Å². The van der Waals surface area contributed by atoms with E-state index in [0.717, 1.165) is 16.7 Å². The number of phenols is 1. The number of benzene rings is 2. The molecule has 2 N–H and O–H groups in total. The fourth-order valence-corrected chi connectivity index (χ4v) is 4.02. The zero-order valence-electron chi connectivity index (χ0n) is 17.7. The van der Waals surface area contributed by atoms with Crippen molar-refractivity contribution in [2.75, 3.05) is 34.5 Å². The van der Waals surface area contributed by atoms with Crippen LogP contribution in [0.4, 0.5) is 0 Å². The number of rotatable bonds is 8. The van der Waals surface area contributed by atoms with E-state index < -0.39 is 6.04 Å². The summed E-state index contributed by atoms with van der Waals surface area (Å²) in [4.78, 5) is 15.1. The van der Waals surface area contributed by atoms with Crippen molar-refractivity contribution in [3.8, 4) is 28.5 Å². The van der Waals surface area contributed by atoms with Crippen LogP contribution in [0.25, 0.3) is 11.3 Å². The van der Waals surface area contributed by atoms with Crippen molar-refractivity contribution in [1.29, 1.82) is 0 Å². The highest BCUT2D eigenvalue weighted by atomic mass is 16.5. The van der Waals surface area contributed by atoms with E-state index in [9.17, 15) is 9.90 Å². The molecule has 2 heterocycles. The quantitative estimate of drug-likeness (QED) is 0.539. The van der Waals surface area contributed by atoms with Crippen LogP contribution in [-0.2, 0) is 4.74 Å². The van der Waals surface area contributed by atoms with Crippen molar-refractivity contribution < 1.29 is 24.1 Å². The third-order valence-corrected chi connectivity index (χ3v) is 5.48. The lowest BCUT2D eigenvalue weighted by Crippen LogP contribution is -2.31. The molecule has 8 nitrogen and oxygen atoms in total. The lowest BCUT2D eigenvalue weighted by atomic mass is 9.95. The minimum atomic E-state index is -0.410. The number of aromatic amines is 1. The zero-order chi connectivity index (χ0) is 22.0. The van der Waals surface area contributed by atoms with Crippen LogP contribution >= 0.6 is 0 Å². The standard InChI is InChI=1S/C23H25N3O5/c1-29-12-4-11-26-22(17-13-16(30-2)9-10-18(17)31-3)19-20(24-25-21(19)23(26)28)14-5-7-15(27)8-6-14/h5-10,13,22,27H,4,11-12H2,1-3H3,(H,24,25). The summed E-state index contributed by atoms with van der Waals surface area (Å²) < 4.78 is 16.3. The number of carbonyl (C=O) groups is 1. The molecule has 1 atom stereocenters. The van der Waals surface area contributed by atoms with E-state index in [1.165, 1.54) is 0 Å². The lowest BCUT2D eigenvalue weighted by Gasteiger charge is -2.27. The molecule has 0 spiro atoms. The number of hydrogen-bond acceptors (Lipinski definition) is 6. The van der Waals surface area contributed by atoms with Gasteiger partial charge in [0.1, 0.15) is 22.9 Å². The van der Waals surface area contributed by atoms with E-state index in [1.54, 1.807) is 45.6 Å². The number of amides is 1. The van der Waals surface area contributed by atoms with Gasteiger partial charge in [0.2, 0.25) is 0 Å². The molecule has 3 aromatic rings. The first-order valence-electron chi connectivity index (χ1n) is 9.98. The van der Waals surface area contributed by atoms with Crippen LogP contribution in [0.1, 0.15) is 34.1 Å². The summed E-state index contributed by atoms with van der Waals surface area (Å²) >= 11 is 0. The summed E-state index contributed by atoms with van der Waals surface area (Å²) in [7, 11) is 4.85. The second-order valence-electron chi connectivity index (χ2n) is 7.26. The zero-order valence-corrected chi connectivity index (χ0v) is 17.7. The van der Waals surface area contributed by atoms with Gasteiger partial charge in [-0.3, -0.25) is 9.89 Å². The van der Waals surface area contributed by atoms with E-state index in [1.807, 2.05) is 23.1 Å². The van der Waals surface area contributed by atoms with E-state index in [0.29, 0.717) is 42.5 Å². The molecular formula is C23H25N3O5. The summed E-state index contributed by atoms with van der Waals surface area (Å²) in [5, 5.41) is 17.0. The number of aromatic nitrogens is 2. The van der Waals surface area contributed by atoms with Gasteiger partial charge >= 0.3 is 0 Å². The van der Waals surface area contributed by atoms with Gasteiger partial charge in [-0.15, -0.1) is 0 Å². The minimum Gasteiger partial charge on any atom is -0.508 e. The van der Waals surface area contributed by atoms with Gasteiger partial charge in [-0.1, -0.05) is 0 Å². The molecule has 1 aromatic heterocycles. The summed E-state index contributed by atoms with van der Waals surface area (Å²) in [6.07, 6.45) is 0.692. The summed E-state index contributed by atoms with van der Waals surface area (Å²) in [6, 6.07) is 11.9. The van der Waals surface area contributed by atoms with Crippen molar-refractivity contribution in [1.82, 2.24) is 15.1 Å².